The number of alkyl halides is 11. The summed E-state index contributed by atoms with van der Waals surface area (Å²) < 4.78 is 178. The van der Waals surface area contributed by atoms with Gasteiger partial charge in [-0.15, -0.1) is 0 Å². The largest absolute Gasteiger partial charge is 0.384 e. The predicted octanol–water partition coefficient (Wildman–Crippen LogP) is 4.11. The molecule has 3 rings (SSSR count). The number of nitrogens with one attached hydrogen (secondary N) is 2. The molecule has 1 aromatic carbocycles. The lowest BCUT2D eigenvalue weighted by atomic mass is 9.71. The van der Waals surface area contributed by atoms with Crippen LogP contribution in [0.4, 0.5) is 59.9 Å². The molecular weight excluding hydrogens is 549 g/mol. The van der Waals surface area contributed by atoms with E-state index in [0.29, 0.717) is 24.3 Å². The SMILES string of the molecule is O=C(Nc1ccc(S(=O)(=O)Nc2ncccn2)cc1)C1(F)C(F)(F)C(F)(F)C(F)(F)C(F)(F)C1(F)F. The molecule has 1 fully saturated rings. The summed E-state index contributed by atoms with van der Waals surface area (Å²) in [6.45, 7) is 0. The molecule has 0 bridgehead atoms. The topological polar surface area (TPSA) is 101 Å². The lowest BCUT2D eigenvalue weighted by Gasteiger charge is -2.51. The molecule has 0 unspecified atom stereocenters. The molecule has 1 aromatic heterocycles. The molecule has 2 aromatic rings. The number of hydrogen-bond donors (Lipinski definition) is 2. The van der Waals surface area contributed by atoms with Crippen molar-refractivity contribution in [1.82, 2.24) is 9.97 Å². The molecule has 0 saturated heterocycles. The monoisotopic (exact) mass is 558 g/mol. The van der Waals surface area contributed by atoms with E-state index in [1.807, 2.05) is 4.72 Å². The van der Waals surface area contributed by atoms with E-state index in [9.17, 15) is 61.5 Å². The van der Waals surface area contributed by atoms with Crippen LogP contribution in [0.15, 0.2) is 47.6 Å². The van der Waals surface area contributed by atoms with Crippen LogP contribution in [0.1, 0.15) is 0 Å². The molecule has 198 valence electrons. The first-order chi connectivity index (χ1) is 16.2. The van der Waals surface area contributed by atoms with E-state index >= 15 is 0 Å². The second-order valence-corrected chi connectivity index (χ2v) is 8.87. The van der Waals surface area contributed by atoms with E-state index in [1.165, 1.54) is 6.07 Å². The summed E-state index contributed by atoms with van der Waals surface area (Å²) in [7, 11) is -4.46. The predicted molar refractivity (Wildman–Crippen MR) is 96.5 cm³/mol. The highest BCUT2D eigenvalue weighted by molar-refractivity contribution is 7.92. The van der Waals surface area contributed by atoms with Gasteiger partial charge in [0.25, 0.3) is 15.9 Å². The summed E-state index contributed by atoms with van der Waals surface area (Å²) in [6, 6.07) is 3.32. The number of aromatic nitrogens is 2. The molecule has 1 heterocycles. The van der Waals surface area contributed by atoms with Gasteiger partial charge in [0.2, 0.25) is 5.95 Å². The Morgan fingerprint density at radius 3 is 1.56 bits per heavy atom. The van der Waals surface area contributed by atoms with Gasteiger partial charge in [-0.3, -0.25) is 4.79 Å². The minimum absolute atomic E-state index is 0.422. The molecule has 19 heteroatoms. The maximum Gasteiger partial charge on any atom is 0.384 e. The zero-order valence-corrected chi connectivity index (χ0v) is 17.5. The number of hydrogen-bond acceptors (Lipinski definition) is 5. The summed E-state index contributed by atoms with van der Waals surface area (Å²) >= 11 is 0. The van der Waals surface area contributed by atoms with Crippen molar-refractivity contribution in [2.45, 2.75) is 40.2 Å². The van der Waals surface area contributed by atoms with Gasteiger partial charge in [0.05, 0.1) is 4.90 Å². The Bertz CT molecular complexity index is 1240. The van der Waals surface area contributed by atoms with Crippen LogP contribution >= 0.6 is 0 Å². The second kappa shape index (κ2) is 7.87. The lowest BCUT2D eigenvalue weighted by molar-refractivity contribution is -0.475. The summed E-state index contributed by atoms with van der Waals surface area (Å²) in [5.74, 6) is -41.0. The third kappa shape index (κ3) is 3.38. The van der Waals surface area contributed by atoms with Crippen molar-refractivity contribution in [3.05, 3.63) is 42.7 Å². The fourth-order valence-corrected chi connectivity index (χ4v) is 3.93. The minimum atomic E-state index is -7.46. The van der Waals surface area contributed by atoms with E-state index in [4.69, 9.17) is 0 Å². The van der Waals surface area contributed by atoms with Crippen LogP contribution in [0.3, 0.4) is 0 Å². The van der Waals surface area contributed by atoms with Crippen LogP contribution in [0.2, 0.25) is 0 Å². The van der Waals surface area contributed by atoms with E-state index in [-0.39, 0.29) is 0 Å². The normalized spacial score (nSPS) is 22.9. The zero-order valence-electron chi connectivity index (χ0n) is 16.7. The number of amides is 1. The van der Waals surface area contributed by atoms with Gasteiger partial charge in [0.1, 0.15) is 0 Å². The van der Waals surface area contributed by atoms with Crippen LogP contribution < -0.4 is 10.0 Å². The first-order valence-electron chi connectivity index (χ1n) is 8.98. The fraction of sp³-hybridized carbons (Fsp3) is 0.353. The van der Waals surface area contributed by atoms with Gasteiger partial charge >= 0.3 is 35.3 Å². The first-order valence-corrected chi connectivity index (χ1v) is 10.5. The summed E-state index contributed by atoms with van der Waals surface area (Å²) in [6.07, 6.45) is 2.30. The van der Waals surface area contributed by atoms with Crippen LogP contribution in [-0.2, 0) is 14.8 Å². The van der Waals surface area contributed by atoms with Crippen LogP contribution in [-0.4, -0.2) is 59.6 Å². The zero-order chi connectivity index (χ0) is 27.6. The summed E-state index contributed by atoms with van der Waals surface area (Å²) in [5, 5.41) is 0.869. The Morgan fingerprint density at radius 1 is 0.694 bits per heavy atom. The van der Waals surface area contributed by atoms with Crippen molar-refractivity contribution in [1.29, 1.82) is 0 Å². The lowest BCUT2D eigenvalue weighted by Crippen LogP contribution is -2.86. The number of rotatable bonds is 5. The number of halogens is 11. The quantitative estimate of drug-likeness (QED) is 0.539. The third-order valence-electron chi connectivity index (χ3n) is 4.97. The van der Waals surface area contributed by atoms with Crippen LogP contribution in [0, 0.1) is 0 Å². The minimum Gasteiger partial charge on any atom is -0.323 e. The fourth-order valence-electron chi connectivity index (χ4n) is 2.97. The van der Waals surface area contributed by atoms with E-state index in [2.05, 4.69) is 9.97 Å². The molecule has 2 N–H and O–H groups in total. The standard InChI is InChI=1S/C17H9F11N4O3S/c18-12(13(19,20)15(23,24)17(27,28)16(25,26)14(12,21)22)10(33)31-8-2-4-9(5-3-8)36(34,35)32-11-29-6-1-7-30-11/h1-7H,(H,31,33)(H,29,30,32). The third-order valence-corrected chi connectivity index (χ3v) is 6.31. The molecule has 0 radical (unpaired) electrons. The van der Waals surface area contributed by atoms with Gasteiger partial charge in [-0.05, 0) is 30.3 Å². The highest BCUT2D eigenvalue weighted by Gasteiger charge is 3.02. The van der Waals surface area contributed by atoms with Crippen molar-refractivity contribution >= 4 is 27.6 Å². The molecule has 0 spiro atoms. The van der Waals surface area contributed by atoms with Crippen LogP contribution in [0.5, 0.6) is 0 Å². The Balaban J connectivity index is 1.95. The second-order valence-electron chi connectivity index (χ2n) is 7.19. The smallest absolute Gasteiger partial charge is 0.323 e. The average Bonchev–Trinajstić information content (AvgIpc) is 2.77. The van der Waals surface area contributed by atoms with E-state index in [0.717, 1.165) is 17.7 Å². The van der Waals surface area contributed by atoms with Gasteiger partial charge in [0.15, 0.2) is 0 Å². The molecule has 1 saturated carbocycles. The van der Waals surface area contributed by atoms with Crippen molar-refractivity contribution < 1.29 is 61.5 Å². The van der Waals surface area contributed by atoms with E-state index < -0.39 is 67.7 Å². The highest BCUT2D eigenvalue weighted by atomic mass is 32.2. The Labute approximate surface area is 192 Å². The number of anilines is 2. The highest BCUT2D eigenvalue weighted by Crippen LogP contribution is 2.69. The van der Waals surface area contributed by atoms with Crippen molar-refractivity contribution in [3.63, 3.8) is 0 Å². The Kier molecular flexibility index (Phi) is 5.98. The molecule has 0 atom stereocenters. The van der Waals surface area contributed by atoms with Crippen LogP contribution in [0.25, 0.3) is 0 Å². The Morgan fingerprint density at radius 2 is 1.11 bits per heavy atom. The van der Waals surface area contributed by atoms with Crippen molar-refractivity contribution in [3.8, 4) is 0 Å². The van der Waals surface area contributed by atoms with Gasteiger partial charge in [-0.1, -0.05) is 0 Å². The molecule has 0 aliphatic heterocycles. The van der Waals surface area contributed by atoms with Gasteiger partial charge in [-0.25, -0.2) is 27.5 Å². The van der Waals surface area contributed by atoms with Gasteiger partial charge in [0, 0.05) is 18.1 Å². The number of carbonyl (C=O) groups excluding carboxylic acids is 1. The van der Waals surface area contributed by atoms with Crippen molar-refractivity contribution in [2.24, 2.45) is 0 Å². The molecular formula is C17H9F11N4O3S. The van der Waals surface area contributed by atoms with Crippen molar-refractivity contribution in [2.75, 3.05) is 10.0 Å². The molecule has 1 aliphatic rings. The average molecular weight is 558 g/mol. The maximum atomic E-state index is 14.7. The van der Waals surface area contributed by atoms with Gasteiger partial charge in [-0.2, -0.15) is 43.9 Å². The number of nitrogens with zero attached hydrogens (tertiary/aromatic N) is 2. The summed E-state index contributed by atoms with van der Waals surface area (Å²) in [4.78, 5) is 18.4. The molecule has 36 heavy (non-hydrogen) atoms. The molecule has 1 aliphatic carbocycles. The molecule has 7 nitrogen and oxygen atoms in total. The number of carbonyl (C=O) groups is 1. The first kappa shape index (κ1) is 27.3. The summed E-state index contributed by atoms with van der Waals surface area (Å²) in [5.41, 5.74) is -7.92. The van der Waals surface area contributed by atoms with E-state index in [1.54, 1.807) is 0 Å². The maximum absolute atomic E-state index is 14.7. The number of benzene rings is 1. The Hall–Kier alpha value is -3.25. The molecule has 1 amide bonds. The van der Waals surface area contributed by atoms with Gasteiger partial charge < -0.3 is 5.32 Å². The number of sulfonamides is 1.